The predicted molar refractivity (Wildman–Crippen MR) is 100 cm³/mol. The maximum atomic E-state index is 13.6. The fourth-order valence-corrected chi connectivity index (χ4v) is 3.50. The number of nitrogens with zero attached hydrogens (tertiary/aromatic N) is 4. The highest BCUT2D eigenvalue weighted by Gasteiger charge is 2.31. The number of aliphatic hydroxyl groups is 1. The molecule has 0 fully saturated rings. The second-order valence-electron chi connectivity index (χ2n) is 6.63. The van der Waals surface area contributed by atoms with E-state index in [1.54, 1.807) is 9.42 Å². The van der Waals surface area contributed by atoms with Gasteiger partial charge in [0.25, 0.3) is 5.91 Å². The molecule has 4 rings (SSSR count). The molecule has 1 N–H and O–H groups in total. The maximum absolute atomic E-state index is 13.6. The van der Waals surface area contributed by atoms with E-state index >= 15 is 0 Å². The van der Waals surface area contributed by atoms with Crippen molar-refractivity contribution >= 4 is 23.2 Å². The topological polar surface area (TPSA) is 80.0 Å². The van der Waals surface area contributed by atoms with Crippen LogP contribution in [0.5, 0.6) is 5.75 Å². The Morgan fingerprint density at radius 3 is 2.89 bits per heavy atom. The fraction of sp³-hybridized carbons (Fsp3) is 0.316. The molecule has 0 bridgehead atoms. The van der Waals surface area contributed by atoms with Crippen LogP contribution in [0.25, 0.3) is 5.65 Å². The van der Waals surface area contributed by atoms with Crippen molar-refractivity contribution in [1.82, 2.24) is 19.5 Å². The van der Waals surface area contributed by atoms with E-state index < -0.39 is 5.82 Å². The highest BCUT2D eigenvalue weighted by Crippen LogP contribution is 2.31. The molecular weight excluding hydrogens is 387 g/mol. The number of halogens is 2. The number of rotatable bonds is 4. The number of ether oxygens (including phenoxy) is 1. The van der Waals surface area contributed by atoms with Gasteiger partial charge in [-0.05, 0) is 26.0 Å². The number of amides is 1. The van der Waals surface area contributed by atoms with E-state index in [0.29, 0.717) is 29.5 Å². The number of benzene rings is 1. The molecule has 2 aromatic heterocycles. The van der Waals surface area contributed by atoms with Crippen molar-refractivity contribution in [2.45, 2.75) is 26.9 Å². The van der Waals surface area contributed by atoms with Crippen LogP contribution in [0, 0.1) is 19.7 Å². The molecule has 0 saturated carbocycles. The fourth-order valence-electron chi connectivity index (χ4n) is 3.38. The van der Waals surface area contributed by atoms with Gasteiger partial charge >= 0.3 is 0 Å². The van der Waals surface area contributed by atoms with Gasteiger partial charge in [-0.1, -0.05) is 11.6 Å². The Kier molecular flexibility index (Phi) is 4.68. The van der Waals surface area contributed by atoms with Crippen LogP contribution in [-0.2, 0) is 13.1 Å². The minimum Gasteiger partial charge on any atom is -0.490 e. The van der Waals surface area contributed by atoms with E-state index in [1.165, 1.54) is 12.1 Å². The van der Waals surface area contributed by atoms with E-state index in [2.05, 4.69) is 10.1 Å². The average Bonchev–Trinajstić information content (AvgIpc) is 3.23. The number of carbonyl (C=O) groups is 1. The van der Waals surface area contributed by atoms with E-state index in [4.69, 9.17) is 21.4 Å². The molecule has 0 saturated heterocycles. The van der Waals surface area contributed by atoms with Crippen LogP contribution in [-0.4, -0.2) is 43.7 Å². The number of hydrogen-bond donors (Lipinski definition) is 1. The van der Waals surface area contributed by atoms with E-state index in [1.807, 2.05) is 13.8 Å². The lowest BCUT2D eigenvalue weighted by Crippen LogP contribution is -2.26. The molecule has 7 nitrogen and oxygen atoms in total. The van der Waals surface area contributed by atoms with Gasteiger partial charge in [0.05, 0.1) is 47.4 Å². The summed E-state index contributed by atoms with van der Waals surface area (Å²) in [5.74, 6) is -0.709. The number of hydrogen-bond acceptors (Lipinski definition) is 5. The summed E-state index contributed by atoms with van der Waals surface area (Å²) in [6, 6.07) is 3.74. The molecule has 1 aliphatic heterocycles. The molecule has 3 heterocycles. The minimum atomic E-state index is -0.515. The van der Waals surface area contributed by atoms with Gasteiger partial charge in [-0.3, -0.25) is 4.79 Å². The first-order chi connectivity index (χ1) is 13.4. The molecule has 3 aromatic rings. The van der Waals surface area contributed by atoms with Crippen LogP contribution in [0.3, 0.4) is 0 Å². The van der Waals surface area contributed by atoms with Crippen molar-refractivity contribution in [2.24, 2.45) is 0 Å². The molecule has 0 atom stereocenters. The Labute approximate surface area is 165 Å². The zero-order valence-corrected chi connectivity index (χ0v) is 16.1. The zero-order valence-electron chi connectivity index (χ0n) is 15.4. The monoisotopic (exact) mass is 404 g/mol. The van der Waals surface area contributed by atoms with Gasteiger partial charge in [0, 0.05) is 11.6 Å². The van der Waals surface area contributed by atoms with Crippen molar-refractivity contribution < 1.29 is 19.0 Å². The first kappa shape index (κ1) is 18.6. The Hall–Kier alpha value is -2.71. The van der Waals surface area contributed by atoms with Gasteiger partial charge in [-0.2, -0.15) is 5.10 Å². The van der Waals surface area contributed by atoms with Crippen molar-refractivity contribution in [1.29, 1.82) is 0 Å². The molecule has 0 spiro atoms. The van der Waals surface area contributed by atoms with Crippen molar-refractivity contribution in [2.75, 3.05) is 13.2 Å². The molecule has 0 aliphatic carbocycles. The lowest BCUT2D eigenvalue weighted by molar-refractivity contribution is 0.0743. The third kappa shape index (κ3) is 2.98. The lowest BCUT2D eigenvalue weighted by atomic mass is 10.1. The van der Waals surface area contributed by atoms with Crippen molar-refractivity contribution in [3.63, 3.8) is 0 Å². The quantitative estimate of drug-likeness (QED) is 0.723. The molecule has 1 amide bonds. The Balaban J connectivity index is 1.66. The summed E-state index contributed by atoms with van der Waals surface area (Å²) in [5, 5.41) is 14.1. The molecule has 1 aliphatic rings. The van der Waals surface area contributed by atoms with Crippen LogP contribution in [0.15, 0.2) is 18.2 Å². The van der Waals surface area contributed by atoms with Crippen LogP contribution in [0.1, 0.15) is 33.0 Å². The Morgan fingerprint density at radius 1 is 1.36 bits per heavy atom. The molecule has 9 heteroatoms. The third-order valence-electron chi connectivity index (χ3n) is 4.77. The molecular formula is C19H18ClFN4O3. The summed E-state index contributed by atoms with van der Waals surface area (Å²) in [6.45, 7) is 4.09. The molecule has 0 radical (unpaired) electrons. The van der Waals surface area contributed by atoms with Gasteiger partial charge in [0.2, 0.25) is 0 Å². The minimum absolute atomic E-state index is 0.0267. The molecule has 28 heavy (non-hydrogen) atoms. The van der Waals surface area contributed by atoms with Crippen molar-refractivity contribution in [3.8, 4) is 5.75 Å². The number of carbonyl (C=O) groups excluding carboxylic acids is 1. The average molecular weight is 405 g/mol. The standard InChI is InChI=1S/C19H18ClFN4O3/c1-10-17(20)11(2)25-18(22-10)14-8-24(9-15(14)23-25)19(27)13-4-3-12(21)7-16(13)28-6-5-26/h3-4,7,26H,5-6,8-9H2,1-2H3. The summed E-state index contributed by atoms with van der Waals surface area (Å²) in [7, 11) is 0. The molecule has 1 aromatic carbocycles. The van der Waals surface area contributed by atoms with Crippen LogP contribution in [0.4, 0.5) is 4.39 Å². The van der Waals surface area contributed by atoms with E-state index in [0.717, 1.165) is 23.0 Å². The highest BCUT2D eigenvalue weighted by atomic mass is 35.5. The smallest absolute Gasteiger partial charge is 0.258 e. The predicted octanol–water partition coefficient (Wildman–Crippen LogP) is 2.67. The first-order valence-electron chi connectivity index (χ1n) is 8.76. The normalized spacial score (nSPS) is 13.2. The maximum Gasteiger partial charge on any atom is 0.258 e. The number of aliphatic hydroxyl groups excluding tert-OH is 1. The molecule has 146 valence electrons. The first-order valence-corrected chi connectivity index (χ1v) is 9.14. The Morgan fingerprint density at radius 2 is 2.14 bits per heavy atom. The SMILES string of the molecule is Cc1nc2c3c(nn2c(C)c1Cl)CN(C(=O)c1ccc(F)cc1OCCO)C3. The summed E-state index contributed by atoms with van der Waals surface area (Å²) < 4.78 is 20.6. The molecule has 0 unspecified atom stereocenters. The van der Waals surface area contributed by atoms with Crippen LogP contribution < -0.4 is 4.74 Å². The summed E-state index contributed by atoms with van der Waals surface area (Å²) in [4.78, 5) is 19.2. The summed E-state index contributed by atoms with van der Waals surface area (Å²) in [5.41, 5.74) is 4.05. The van der Waals surface area contributed by atoms with Gasteiger partial charge in [-0.15, -0.1) is 0 Å². The zero-order chi connectivity index (χ0) is 20.0. The Bertz CT molecular complexity index is 1100. The van der Waals surface area contributed by atoms with E-state index in [9.17, 15) is 9.18 Å². The van der Waals surface area contributed by atoms with Gasteiger partial charge in [0.1, 0.15) is 18.2 Å². The lowest BCUT2D eigenvalue weighted by Gasteiger charge is -2.18. The summed E-state index contributed by atoms with van der Waals surface area (Å²) in [6.07, 6.45) is 0. The van der Waals surface area contributed by atoms with E-state index in [-0.39, 0.29) is 30.4 Å². The van der Waals surface area contributed by atoms with Crippen LogP contribution in [0.2, 0.25) is 5.02 Å². The van der Waals surface area contributed by atoms with Gasteiger partial charge < -0.3 is 14.7 Å². The van der Waals surface area contributed by atoms with Crippen LogP contribution >= 0.6 is 11.6 Å². The second kappa shape index (κ2) is 7.03. The second-order valence-corrected chi connectivity index (χ2v) is 7.01. The summed E-state index contributed by atoms with van der Waals surface area (Å²) >= 11 is 6.26. The highest BCUT2D eigenvalue weighted by molar-refractivity contribution is 6.31. The number of aromatic nitrogens is 3. The third-order valence-corrected chi connectivity index (χ3v) is 5.31. The van der Waals surface area contributed by atoms with Gasteiger partial charge in [0.15, 0.2) is 5.65 Å². The largest absolute Gasteiger partial charge is 0.490 e. The number of fused-ring (bicyclic) bond motifs is 3. The van der Waals surface area contributed by atoms with Gasteiger partial charge in [-0.25, -0.2) is 13.9 Å². The number of aryl methyl sites for hydroxylation is 2. The van der Waals surface area contributed by atoms with Crippen molar-refractivity contribution in [3.05, 3.63) is 57.2 Å².